The van der Waals surface area contributed by atoms with Gasteiger partial charge in [0.2, 0.25) is 0 Å². The summed E-state index contributed by atoms with van der Waals surface area (Å²) in [6.07, 6.45) is 0. The minimum absolute atomic E-state index is 0. The van der Waals surface area contributed by atoms with Crippen LogP contribution in [0.4, 0.5) is 0 Å². The van der Waals surface area contributed by atoms with Crippen LogP contribution in [-0.4, -0.2) is 72.2 Å². The van der Waals surface area contributed by atoms with Crippen molar-refractivity contribution in [2.75, 3.05) is 39.6 Å². The van der Waals surface area contributed by atoms with Gasteiger partial charge >= 0.3 is 88.7 Å². The minimum Gasteiger partial charge on any atom is -0.549 e. The molecule has 0 bridgehead atoms. The zero-order chi connectivity index (χ0) is 13.7. The summed E-state index contributed by atoms with van der Waals surface area (Å²) in [5.41, 5.74) is 0. The van der Waals surface area contributed by atoms with Gasteiger partial charge in [-0.25, -0.2) is 0 Å². The van der Waals surface area contributed by atoms with Gasteiger partial charge in [-0.05, 0) is 0 Å². The molecule has 21 heavy (non-hydrogen) atoms. The Morgan fingerprint density at radius 2 is 0.810 bits per heavy atom. The Balaban J connectivity index is -0.00000108. The molecular weight excluding hydrogens is 315 g/mol. The predicted molar refractivity (Wildman–Crippen MR) is 49.7 cm³/mol. The maximum Gasteiger partial charge on any atom is 1.00 e. The molecule has 0 spiro atoms. The number of hydrogen-bond donors (Lipinski definition) is 0. The van der Waals surface area contributed by atoms with Gasteiger partial charge in [0.05, 0.1) is 37.9 Å². The van der Waals surface area contributed by atoms with E-state index in [1.165, 1.54) is 14.7 Å². The standard InChI is InChI=1S/C9H15N3O6.3Na/c13-7(14)1-10-4-11(2-8(15)16)6-12(5-10)3-9(17)18;;;/h1-6H2,(H,13,14)(H,15,16)(H,17,18);;;/q;3*+1/p-3. The molecule has 1 saturated heterocycles. The third-order valence-electron chi connectivity index (χ3n) is 2.26. The number of carboxylic acid groups (broad SMARTS) is 3. The zero-order valence-corrected chi connectivity index (χ0v) is 18.5. The van der Waals surface area contributed by atoms with Gasteiger partial charge < -0.3 is 29.7 Å². The van der Waals surface area contributed by atoms with Crippen LogP contribution >= 0.6 is 0 Å². The first-order valence-electron chi connectivity index (χ1n) is 5.13. The van der Waals surface area contributed by atoms with Crippen molar-refractivity contribution < 1.29 is 118 Å². The van der Waals surface area contributed by atoms with Crippen LogP contribution in [0, 0.1) is 0 Å². The van der Waals surface area contributed by atoms with Crippen LogP contribution in [0.2, 0.25) is 0 Å². The van der Waals surface area contributed by atoms with E-state index in [1.54, 1.807) is 0 Å². The van der Waals surface area contributed by atoms with Gasteiger partial charge in [-0.3, -0.25) is 14.7 Å². The van der Waals surface area contributed by atoms with E-state index in [0.29, 0.717) is 0 Å². The van der Waals surface area contributed by atoms with Gasteiger partial charge in [0.25, 0.3) is 0 Å². The van der Waals surface area contributed by atoms with Crippen LogP contribution in [0.15, 0.2) is 0 Å². The number of hydrogen-bond acceptors (Lipinski definition) is 9. The maximum atomic E-state index is 10.5. The van der Waals surface area contributed by atoms with Crippen molar-refractivity contribution in [2.24, 2.45) is 0 Å². The topological polar surface area (TPSA) is 130 Å². The monoisotopic (exact) mass is 327 g/mol. The van der Waals surface area contributed by atoms with E-state index < -0.39 is 37.5 Å². The molecule has 0 amide bonds. The van der Waals surface area contributed by atoms with Gasteiger partial charge in [-0.2, -0.15) is 0 Å². The molecule has 9 nitrogen and oxygen atoms in total. The molecule has 0 atom stereocenters. The summed E-state index contributed by atoms with van der Waals surface area (Å²) in [5.74, 6) is -3.96. The molecule has 0 N–H and O–H groups in total. The number of carbonyl (C=O) groups is 3. The predicted octanol–water partition coefficient (Wildman–Crippen LogP) is -15.0. The molecule has 102 valence electrons. The molecule has 0 radical (unpaired) electrons. The smallest absolute Gasteiger partial charge is 0.549 e. The van der Waals surface area contributed by atoms with Crippen LogP contribution in [-0.2, 0) is 14.4 Å². The molecule has 0 aliphatic carbocycles. The Labute approximate surface area is 188 Å². The summed E-state index contributed by atoms with van der Waals surface area (Å²) < 4.78 is 0. The molecule has 1 aliphatic rings. The van der Waals surface area contributed by atoms with Gasteiger partial charge in [-0.1, -0.05) is 0 Å². The third kappa shape index (κ3) is 12.4. The van der Waals surface area contributed by atoms with E-state index in [9.17, 15) is 29.7 Å². The second-order valence-electron chi connectivity index (χ2n) is 4.03. The second kappa shape index (κ2) is 13.7. The zero-order valence-electron chi connectivity index (χ0n) is 12.5. The molecule has 0 aromatic rings. The summed E-state index contributed by atoms with van der Waals surface area (Å²) in [6.45, 7) is -0.962. The van der Waals surface area contributed by atoms with E-state index in [-0.39, 0.29) is 109 Å². The van der Waals surface area contributed by atoms with E-state index >= 15 is 0 Å². The summed E-state index contributed by atoms with van der Waals surface area (Å²) in [6, 6.07) is 0. The molecule has 0 aromatic carbocycles. The van der Waals surface area contributed by atoms with Gasteiger partial charge in [-0.15, -0.1) is 0 Å². The van der Waals surface area contributed by atoms with Crippen molar-refractivity contribution in [3.8, 4) is 0 Å². The number of aliphatic carboxylic acids is 3. The molecule has 1 fully saturated rings. The fourth-order valence-corrected chi connectivity index (χ4v) is 1.83. The molecule has 0 unspecified atom stereocenters. The minimum atomic E-state index is -1.32. The Morgan fingerprint density at radius 1 is 0.619 bits per heavy atom. The second-order valence-corrected chi connectivity index (χ2v) is 4.03. The van der Waals surface area contributed by atoms with Crippen LogP contribution in [0.25, 0.3) is 0 Å². The van der Waals surface area contributed by atoms with Crippen molar-refractivity contribution in [1.29, 1.82) is 0 Å². The average Bonchev–Trinajstić information content (AvgIpc) is 2.12. The van der Waals surface area contributed by atoms with Crippen molar-refractivity contribution in [1.82, 2.24) is 14.7 Å². The van der Waals surface area contributed by atoms with Crippen LogP contribution in [0.5, 0.6) is 0 Å². The van der Waals surface area contributed by atoms with Crippen molar-refractivity contribution in [3.63, 3.8) is 0 Å². The summed E-state index contributed by atoms with van der Waals surface area (Å²) in [7, 11) is 0. The summed E-state index contributed by atoms with van der Waals surface area (Å²) in [4.78, 5) is 35.5. The van der Waals surface area contributed by atoms with E-state index in [0.717, 1.165) is 0 Å². The molecule has 12 heteroatoms. The van der Waals surface area contributed by atoms with Gasteiger partial charge in [0.1, 0.15) is 0 Å². The summed E-state index contributed by atoms with van der Waals surface area (Å²) >= 11 is 0. The average molecular weight is 327 g/mol. The van der Waals surface area contributed by atoms with Crippen molar-refractivity contribution in [3.05, 3.63) is 0 Å². The van der Waals surface area contributed by atoms with Gasteiger partial charge in [0.15, 0.2) is 0 Å². The summed E-state index contributed by atoms with van der Waals surface area (Å²) in [5, 5.41) is 31.4. The molecule has 0 saturated carbocycles. The Morgan fingerprint density at radius 3 is 0.952 bits per heavy atom. The van der Waals surface area contributed by atoms with E-state index in [1.807, 2.05) is 0 Å². The SMILES string of the molecule is O=C([O-])CN1CN(CC(=O)[O-])CN(CC(=O)[O-])C1.[Na+].[Na+].[Na+]. The molecule has 1 aliphatic heterocycles. The Bertz CT molecular complexity index is 301. The van der Waals surface area contributed by atoms with Crippen molar-refractivity contribution in [2.45, 2.75) is 0 Å². The molecule has 0 aromatic heterocycles. The Kier molecular flexibility index (Phi) is 17.7. The first-order valence-corrected chi connectivity index (χ1v) is 5.13. The molecule has 1 rings (SSSR count). The first kappa shape index (κ1) is 27.2. The first-order chi connectivity index (χ1) is 8.36. The van der Waals surface area contributed by atoms with E-state index in [2.05, 4.69) is 0 Å². The third-order valence-corrected chi connectivity index (χ3v) is 2.26. The largest absolute Gasteiger partial charge is 1.00 e. The number of nitrogens with zero attached hydrogens (tertiary/aromatic N) is 3. The normalized spacial score (nSPS) is 16.0. The van der Waals surface area contributed by atoms with E-state index in [4.69, 9.17) is 0 Å². The van der Waals surface area contributed by atoms with Crippen LogP contribution in [0.3, 0.4) is 0 Å². The Hall–Kier alpha value is 1.29. The maximum absolute atomic E-state index is 10.5. The number of rotatable bonds is 6. The van der Waals surface area contributed by atoms with Crippen LogP contribution < -0.4 is 104 Å². The quantitative estimate of drug-likeness (QED) is 0.436. The van der Waals surface area contributed by atoms with Crippen molar-refractivity contribution >= 4 is 17.9 Å². The molecular formula is C9H12N3Na3O6. The number of carbonyl (C=O) groups excluding carboxylic acids is 3. The fraction of sp³-hybridized carbons (Fsp3) is 0.667. The number of carboxylic acids is 3. The fourth-order valence-electron chi connectivity index (χ4n) is 1.83. The van der Waals surface area contributed by atoms with Gasteiger partial charge in [0, 0.05) is 19.6 Å². The molecule has 1 heterocycles. The van der Waals surface area contributed by atoms with Crippen LogP contribution in [0.1, 0.15) is 0 Å².